The summed E-state index contributed by atoms with van der Waals surface area (Å²) in [5, 5.41) is 3.31. The Labute approximate surface area is 45.1 Å². The average Bonchev–Trinajstić information content (AvgIpc) is 1.55. The van der Waals surface area contributed by atoms with Crippen molar-refractivity contribution in [3.63, 3.8) is 0 Å². The Balaban J connectivity index is 1.93. The van der Waals surface area contributed by atoms with E-state index in [1.165, 1.54) is 19.4 Å². The molecule has 1 nitrogen and oxygen atoms in total. The van der Waals surface area contributed by atoms with E-state index in [-0.39, 0.29) is 0 Å². The second-order valence-electron chi connectivity index (χ2n) is 2.08. The van der Waals surface area contributed by atoms with Crippen molar-refractivity contribution in [3.05, 3.63) is 6.92 Å². The molecule has 1 heteroatoms. The van der Waals surface area contributed by atoms with Crippen LogP contribution in [0.25, 0.3) is 0 Å². The second kappa shape index (κ2) is 2.31. The molecule has 1 aliphatic rings. The fourth-order valence-electron chi connectivity index (χ4n) is 0.841. The molecule has 1 N–H and O–H groups in total. The average molecular weight is 98.2 g/mol. The van der Waals surface area contributed by atoms with Crippen LogP contribution in [0.1, 0.15) is 19.3 Å². The molecule has 0 spiro atoms. The zero-order valence-corrected chi connectivity index (χ0v) is 4.61. The van der Waals surface area contributed by atoms with Crippen molar-refractivity contribution < 1.29 is 0 Å². The summed E-state index contributed by atoms with van der Waals surface area (Å²) < 4.78 is 0. The van der Waals surface area contributed by atoms with Gasteiger partial charge in [0.2, 0.25) is 0 Å². The van der Waals surface area contributed by atoms with Crippen LogP contribution in [0.15, 0.2) is 0 Å². The van der Waals surface area contributed by atoms with Gasteiger partial charge >= 0.3 is 0 Å². The molecule has 0 saturated carbocycles. The lowest BCUT2D eigenvalue weighted by atomic mass is 10.0. The maximum Gasteiger partial charge on any atom is 0.00791 e. The van der Waals surface area contributed by atoms with Crippen LogP contribution in [-0.4, -0.2) is 12.6 Å². The zero-order valence-electron chi connectivity index (χ0n) is 4.61. The molecule has 41 valence electrons. The van der Waals surface area contributed by atoms with E-state index in [1.54, 1.807) is 0 Å². The number of rotatable bonds is 2. The molecule has 0 aromatic carbocycles. The van der Waals surface area contributed by atoms with E-state index in [0.717, 1.165) is 12.5 Å². The highest BCUT2D eigenvalue weighted by Crippen LogP contribution is 2.07. The van der Waals surface area contributed by atoms with Crippen LogP contribution >= 0.6 is 0 Å². The first-order chi connectivity index (χ1) is 3.43. The smallest absolute Gasteiger partial charge is 0.00791 e. The van der Waals surface area contributed by atoms with Gasteiger partial charge in [-0.2, -0.15) is 0 Å². The second-order valence-corrected chi connectivity index (χ2v) is 2.08. The van der Waals surface area contributed by atoms with Crippen molar-refractivity contribution in [1.29, 1.82) is 0 Å². The molecule has 0 aromatic rings. The highest BCUT2D eigenvalue weighted by atomic mass is 15.0. The first kappa shape index (κ1) is 5.10. The molecule has 7 heavy (non-hydrogen) atoms. The van der Waals surface area contributed by atoms with Crippen molar-refractivity contribution in [3.8, 4) is 0 Å². The van der Waals surface area contributed by atoms with E-state index in [2.05, 4.69) is 12.2 Å². The number of hydrogen-bond donors (Lipinski definition) is 1. The molecule has 1 unspecified atom stereocenters. The third kappa shape index (κ3) is 1.16. The van der Waals surface area contributed by atoms with E-state index in [0.29, 0.717) is 0 Å². The van der Waals surface area contributed by atoms with Gasteiger partial charge in [0.25, 0.3) is 0 Å². The van der Waals surface area contributed by atoms with Crippen LogP contribution < -0.4 is 5.32 Å². The summed E-state index contributed by atoms with van der Waals surface area (Å²) in [6.45, 7) is 4.99. The van der Waals surface area contributed by atoms with Gasteiger partial charge in [-0.25, -0.2) is 0 Å². The first-order valence-electron chi connectivity index (χ1n) is 2.96. The Morgan fingerprint density at radius 1 is 1.71 bits per heavy atom. The van der Waals surface area contributed by atoms with Crippen LogP contribution in [0.2, 0.25) is 0 Å². The first-order valence-corrected chi connectivity index (χ1v) is 2.96. The van der Waals surface area contributed by atoms with E-state index < -0.39 is 0 Å². The summed E-state index contributed by atoms with van der Waals surface area (Å²) in [4.78, 5) is 0. The summed E-state index contributed by atoms with van der Waals surface area (Å²) in [6, 6.07) is 0.817. The molecular formula is C6H12N. The summed E-state index contributed by atoms with van der Waals surface area (Å²) in [5.74, 6) is 0. The van der Waals surface area contributed by atoms with Crippen LogP contribution in [0.4, 0.5) is 0 Å². The largest absolute Gasteiger partial charge is 0.314 e. The molecule has 0 aromatic heterocycles. The predicted octanol–water partition coefficient (Wildman–Crippen LogP) is 0.963. The lowest BCUT2D eigenvalue weighted by Crippen LogP contribution is -2.42. The summed E-state index contributed by atoms with van der Waals surface area (Å²) >= 11 is 0. The fourth-order valence-corrected chi connectivity index (χ4v) is 0.841. The Morgan fingerprint density at radius 2 is 2.43 bits per heavy atom. The van der Waals surface area contributed by atoms with Gasteiger partial charge in [0.15, 0.2) is 0 Å². The van der Waals surface area contributed by atoms with Gasteiger partial charge in [0.05, 0.1) is 0 Å². The molecular weight excluding hydrogens is 86.1 g/mol. The third-order valence-electron chi connectivity index (χ3n) is 1.48. The fraction of sp³-hybridized carbons (Fsp3) is 0.833. The van der Waals surface area contributed by atoms with Crippen LogP contribution in [0.3, 0.4) is 0 Å². The Kier molecular flexibility index (Phi) is 1.69. The van der Waals surface area contributed by atoms with Crippen molar-refractivity contribution in [2.45, 2.75) is 25.3 Å². The van der Waals surface area contributed by atoms with E-state index >= 15 is 0 Å². The van der Waals surface area contributed by atoms with Gasteiger partial charge in [-0.1, -0.05) is 13.3 Å². The van der Waals surface area contributed by atoms with Crippen LogP contribution in [0.5, 0.6) is 0 Å². The summed E-state index contributed by atoms with van der Waals surface area (Å²) in [6.07, 6.45) is 3.72. The topological polar surface area (TPSA) is 12.0 Å². The standard InChI is InChI=1S/C6H12N/c1-2-3-6-4-5-7-6/h6-7H,1-5H2. The quantitative estimate of drug-likeness (QED) is 0.542. The van der Waals surface area contributed by atoms with Gasteiger partial charge in [0.1, 0.15) is 0 Å². The van der Waals surface area contributed by atoms with E-state index in [9.17, 15) is 0 Å². The van der Waals surface area contributed by atoms with Crippen molar-refractivity contribution >= 4 is 0 Å². The Hall–Kier alpha value is -0.0400. The molecule has 1 radical (unpaired) electrons. The maximum absolute atomic E-state index is 3.77. The van der Waals surface area contributed by atoms with E-state index in [1.807, 2.05) is 0 Å². The predicted molar refractivity (Wildman–Crippen MR) is 31.0 cm³/mol. The number of hydrogen-bond acceptors (Lipinski definition) is 1. The number of nitrogens with one attached hydrogen (secondary N) is 1. The molecule has 0 aliphatic carbocycles. The van der Waals surface area contributed by atoms with Crippen molar-refractivity contribution in [2.24, 2.45) is 0 Å². The molecule has 1 rings (SSSR count). The molecule has 0 bridgehead atoms. The normalized spacial score (nSPS) is 29.6. The molecule has 1 saturated heterocycles. The molecule has 1 fully saturated rings. The van der Waals surface area contributed by atoms with E-state index in [4.69, 9.17) is 0 Å². The van der Waals surface area contributed by atoms with Crippen LogP contribution in [-0.2, 0) is 0 Å². The minimum Gasteiger partial charge on any atom is -0.314 e. The van der Waals surface area contributed by atoms with Gasteiger partial charge in [-0.15, -0.1) is 0 Å². The SMILES string of the molecule is [CH2]CCC1CCN1. The van der Waals surface area contributed by atoms with Crippen LogP contribution in [0, 0.1) is 6.92 Å². The monoisotopic (exact) mass is 98.1 g/mol. The maximum atomic E-state index is 3.77. The highest BCUT2D eigenvalue weighted by Gasteiger charge is 2.13. The molecule has 0 amide bonds. The van der Waals surface area contributed by atoms with Gasteiger partial charge in [-0.3, -0.25) is 0 Å². The lowest BCUT2D eigenvalue weighted by Gasteiger charge is -2.26. The molecule has 1 atom stereocenters. The van der Waals surface area contributed by atoms with Gasteiger partial charge < -0.3 is 5.32 Å². The summed E-state index contributed by atoms with van der Waals surface area (Å²) in [5.41, 5.74) is 0. The third-order valence-corrected chi connectivity index (χ3v) is 1.48. The van der Waals surface area contributed by atoms with Crippen molar-refractivity contribution in [2.75, 3.05) is 6.54 Å². The minimum atomic E-state index is 0.817. The van der Waals surface area contributed by atoms with Gasteiger partial charge in [-0.05, 0) is 19.4 Å². The summed E-state index contributed by atoms with van der Waals surface area (Å²) in [7, 11) is 0. The minimum absolute atomic E-state index is 0.817. The lowest BCUT2D eigenvalue weighted by molar-refractivity contribution is 0.352. The highest BCUT2D eigenvalue weighted by molar-refractivity contribution is 4.76. The van der Waals surface area contributed by atoms with Gasteiger partial charge in [0, 0.05) is 6.04 Å². The zero-order chi connectivity index (χ0) is 5.11. The molecule has 1 heterocycles. The van der Waals surface area contributed by atoms with Crippen molar-refractivity contribution in [1.82, 2.24) is 5.32 Å². The Morgan fingerprint density at radius 3 is 2.57 bits per heavy atom. The Bertz CT molecular complexity index is 48.1. The molecule has 1 aliphatic heterocycles.